The number of hydrogen-bond acceptors (Lipinski definition) is 4. The smallest absolute Gasteiger partial charge is 0.549 e. The number of carbonyl (C=O) groups is 1. The molecule has 0 amide bonds. The minimum Gasteiger partial charge on any atom is -0.549 e. The first-order valence-electron chi connectivity index (χ1n) is 7.62. The molecule has 114 valence electrons. The van der Waals surface area contributed by atoms with Gasteiger partial charge in [-0.15, -0.1) is 0 Å². The van der Waals surface area contributed by atoms with E-state index in [1.54, 1.807) is 11.9 Å². The maximum absolute atomic E-state index is 10.4. The first kappa shape index (κ1) is 22.7. The van der Waals surface area contributed by atoms with Gasteiger partial charge in [0.15, 0.2) is 0 Å². The number of nitrogens with zero attached hydrogens (tertiary/aromatic N) is 1. The van der Waals surface area contributed by atoms with Crippen LogP contribution in [0.5, 0.6) is 0 Å². The first-order chi connectivity index (χ1) is 9.06. The van der Waals surface area contributed by atoms with E-state index in [1.165, 1.54) is 38.5 Å². The molecular weight excluding hydrogens is 265 g/mol. The molecule has 0 aromatic rings. The van der Waals surface area contributed by atoms with Crippen LogP contribution in [0.4, 0.5) is 0 Å². The molecule has 0 spiro atoms. The Morgan fingerprint density at radius 3 is 2.10 bits per heavy atom. The summed E-state index contributed by atoms with van der Waals surface area (Å²) in [5.74, 6) is -1.10. The third-order valence-electron chi connectivity index (χ3n) is 3.31. The number of likely N-dealkylation sites (N-methyl/N-ethyl adjacent to an activating group) is 1. The zero-order chi connectivity index (χ0) is 14.5. The Labute approximate surface area is 146 Å². The van der Waals surface area contributed by atoms with Crippen molar-refractivity contribution >= 4 is 5.97 Å². The van der Waals surface area contributed by atoms with E-state index in [0.717, 1.165) is 19.3 Å². The van der Waals surface area contributed by atoms with Crippen molar-refractivity contribution in [3.8, 4) is 0 Å². The Bertz CT molecular complexity index is 227. The van der Waals surface area contributed by atoms with Crippen molar-refractivity contribution in [3.05, 3.63) is 0 Å². The van der Waals surface area contributed by atoms with Gasteiger partial charge in [-0.1, -0.05) is 58.3 Å². The van der Waals surface area contributed by atoms with Crippen molar-refractivity contribution < 1.29 is 44.6 Å². The maximum atomic E-state index is 10.4. The summed E-state index contributed by atoms with van der Waals surface area (Å²) < 4.78 is 0. The van der Waals surface area contributed by atoms with Crippen LogP contribution in [-0.2, 0) is 4.79 Å². The van der Waals surface area contributed by atoms with Crippen molar-refractivity contribution in [1.82, 2.24) is 4.90 Å². The van der Waals surface area contributed by atoms with Gasteiger partial charge < -0.3 is 15.0 Å². The summed E-state index contributed by atoms with van der Waals surface area (Å²) in [6.07, 6.45) is 10.3. The van der Waals surface area contributed by atoms with Gasteiger partial charge in [-0.25, -0.2) is 0 Å². The SMILES string of the molecule is CCCCCCCCCCC(O)CN(C)CC(=O)[O-].[Na+]. The largest absolute Gasteiger partial charge is 1.00 e. The van der Waals surface area contributed by atoms with Gasteiger partial charge in [-0.3, -0.25) is 4.90 Å². The van der Waals surface area contributed by atoms with E-state index in [0.29, 0.717) is 6.54 Å². The van der Waals surface area contributed by atoms with Crippen LogP contribution in [0.3, 0.4) is 0 Å². The summed E-state index contributed by atoms with van der Waals surface area (Å²) in [7, 11) is 1.69. The second-order valence-electron chi connectivity index (χ2n) is 5.49. The summed E-state index contributed by atoms with van der Waals surface area (Å²) in [6, 6.07) is 0. The fourth-order valence-corrected chi connectivity index (χ4v) is 2.25. The summed E-state index contributed by atoms with van der Waals surface area (Å²) in [5, 5.41) is 20.1. The number of carboxylic acid groups (broad SMARTS) is 1. The van der Waals surface area contributed by atoms with E-state index in [2.05, 4.69) is 6.92 Å². The Morgan fingerprint density at radius 1 is 1.10 bits per heavy atom. The average molecular weight is 295 g/mol. The standard InChI is InChI=1S/C15H31NO3.Na/c1-3-4-5-6-7-8-9-10-11-14(17)12-16(2)13-15(18)19;/h14,17H,3-13H2,1-2H3,(H,18,19);/q;+1/p-1. The molecule has 0 saturated heterocycles. The molecule has 0 fully saturated rings. The second-order valence-corrected chi connectivity index (χ2v) is 5.49. The van der Waals surface area contributed by atoms with E-state index < -0.39 is 12.1 Å². The number of hydrogen-bond donors (Lipinski definition) is 1. The number of carboxylic acids is 1. The predicted octanol–water partition coefficient (Wildman–Crippen LogP) is -1.44. The molecule has 0 radical (unpaired) electrons. The number of aliphatic carboxylic acids is 1. The van der Waals surface area contributed by atoms with Crippen LogP contribution in [0.2, 0.25) is 0 Å². The van der Waals surface area contributed by atoms with Crippen molar-refractivity contribution in [3.63, 3.8) is 0 Å². The molecule has 0 aromatic heterocycles. The number of unbranched alkanes of at least 4 members (excludes halogenated alkanes) is 7. The van der Waals surface area contributed by atoms with Gasteiger partial charge in [0.2, 0.25) is 0 Å². The van der Waals surface area contributed by atoms with Crippen molar-refractivity contribution in [2.45, 2.75) is 70.8 Å². The Morgan fingerprint density at radius 2 is 1.60 bits per heavy atom. The van der Waals surface area contributed by atoms with E-state index in [-0.39, 0.29) is 36.1 Å². The molecule has 0 rings (SSSR count). The normalized spacial score (nSPS) is 12.2. The molecule has 0 aliphatic heterocycles. The molecule has 0 saturated carbocycles. The number of aliphatic hydroxyl groups excluding tert-OH is 1. The minimum absolute atomic E-state index is 0. The van der Waals surface area contributed by atoms with Gasteiger partial charge in [0, 0.05) is 13.1 Å². The molecule has 0 bridgehead atoms. The quantitative estimate of drug-likeness (QED) is 0.334. The van der Waals surface area contributed by atoms with E-state index >= 15 is 0 Å². The van der Waals surface area contributed by atoms with Gasteiger partial charge in [-0.2, -0.15) is 0 Å². The average Bonchev–Trinajstić information content (AvgIpc) is 2.31. The number of carbonyl (C=O) groups excluding carboxylic acids is 1. The second kappa shape index (κ2) is 15.8. The molecule has 1 N–H and O–H groups in total. The van der Waals surface area contributed by atoms with Crippen molar-refractivity contribution in [2.24, 2.45) is 0 Å². The van der Waals surface area contributed by atoms with Crippen LogP contribution in [0.1, 0.15) is 64.7 Å². The summed E-state index contributed by atoms with van der Waals surface area (Å²) >= 11 is 0. The van der Waals surface area contributed by atoms with Crippen LogP contribution in [0.25, 0.3) is 0 Å². The fraction of sp³-hybridized carbons (Fsp3) is 0.933. The maximum Gasteiger partial charge on any atom is 1.00 e. The van der Waals surface area contributed by atoms with Crippen molar-refractivity contribution in [1.29, 1.82) is 0 Å². The van der Waals surface area contributed by atoms with Gasteiger partial charge in [-0.05, 0) is 13.5 Å². The van der Waals surface area contributed by atoms with Gasteiger partial charge in [0.25, 0.3) is 0 Å². The van der Waals surface area contributed by atoms with E-state index in [4.69, 9.17) is 0 Å². The molecule has 1 atom stereocenters. The fourth-order valence-electron chi connectivity index (χ4n) is 2.25. The summed E-state index contributed by atoms with van der Waals surface area (Å²) in [5.41, 5.74) is 0. The van der Waals surface area contributed by atoms with Crippen molar-refractivity contribution in [2.75, 3.05) is 20.1 Å². The molecule has 0 aliphatic carbocycles. The van der Waals surface area contributed by atoms with Crippen LogP contribution in [-0.4, -0.2) is 42.2 Å². The zero-order valence-electron chi connectivity index (χ0n) is 13.6. The van der Waals surface area contributed by atoms with Gasteiger partial charge in [0.05, 0.1) is 12.1 Å². The predicted molar refractivity (Wildman–Crippen MR) is 75.7 cm³/mol. The third-order valence-corrected chi connectivity index (χ3v) is 3.31. The third kappa shape index (κ3) is 16.4. The van der Waals surface area contributed by atoms with Crippen LogP contribution in [0, 0.1) is 0 Å². The number of aliphatic hydroxyl groups is 1. The molecule has 4 nitrogen and oxygen atoms in total. The van der Waals surface area contributed by atoms with Crippen LogP contribution >= 0.6 is 0 Å². The monoisotopic (exact) mass is 295 g/mol. The summed E-state index contributed by atoms with van der Waals surface area (Å²) in [4.78, 5) is 12.0. The van der Waals surface area contributed by atoms with Crippen LogP contribution < -0.4 is 34.7 Å². The minimum atomic E-state index is -1.10. The zero-order valence-corrected chi connectivity index (χ0v) is 15.6. The Kier molecular flexibility index (Phi) is 17.9. The molecule has 20 heavy (non-hydrogen) atoms. The molecule has 0 aromatic carbocycles. The van der Waals surface area contributed by atoms with Crippen LogP contribution in [0.15, 0.2) is 0 Å². The molecule has 0 aliphatic rings. The van der Waals surface area contributed by atoms with E-state index in [1.807, 2.05) is 0 Å². The molecule has 1 unspecified atom stereocenters. The Balaban J connectivity index is 0. The first-order valence-corrected chi connectivity index (χ1v) is 7.62. The summed E-state index contributed by atoms with van der Waals surface area (Å²) in [6.45, 7) is 2.51. The number of rotatable bonds is 13. The van der Waals surface area contributed by atoms with Gasteiger partial charge >= 0.3 is 29.6 Å². The van der Waals surface area contributed by atoms with Gasteiger partial charge in [0.1, 0.15) is 0 Å². The molecule has 0 heterocycles. The van der Waals surface area contributed by atoms with E-state index in [9.17, 15) is 15.0 Å². The molecule has 5 heteroatoms. The topological polar surface area (TPSA) is 63.6 Å². The molecular formula is C15H30NNaO3. The Hall–Kier alpha value is 0.390.